The van der Waals surface area contributed by atoms with Crippen LogP contribution in [0.5, 0.6) is 0 Å². The van der Waals surface area contributed by atoms with Crippen molar-refractivity contribution in [2.45, 2.75) is 11.1 Å². The predicted octanol–water partition coefficient (Wildman–Crippen LogP) is 3.94. The van der Waals surface area contributed by atoms with E-state index >= 15 is 0 Å². The summed E-state index contributed by atoms with van der Waals surface area (Å²) in [4.78, 5) is -0.0507. The topological polar surface area (TPSA) is 111 Å². The molecule has 0 aliphatic carbocycles. The highest BCUT2D eigenvalue weighted by atomic mass is 32.2. The van der Waals surface area contributed by atoms with Gasteiger partial charge in [-0.05, 0) is 47.3 Å². The molecule has 0 unspecified atom stereocenters. The minimum atomic E-state index is -4.70. The van der Waals surface area contributed by atoms with Gasteiger partial charge in [-0.15, -0.1) is 0 Å². The van der Waals surface area contributed by atoms with E-state index in [1.165, 1.54) is 48.5 Å². The number of hydrogen-bond acceptors (Lipinski definition) is 5. The van der Waals surface area contributed by atoms with Gasteiger partial charge in [-0.2, -0.15) is 18.3 Å². The van der Waals surface area contributed by atoms with Crippen LogP contribution in [0.25, 0.3) is 16.9 Å². The molecule has 0 aliphatic heterocycles. The van der Waals surface area contributed by atoms with Gasteiger partial charge in [0.05, 0.1) is 16.3 Å². The Morgan fingerprint density at radius 2 is 1.69 bits per heavy atom. The Hall–Kier alpha value is -3.41. The van der Waals surface area contributed by atoms with Crippen molar-refractivity contribution < 1.29 is 31.7 Å². The second kappa shape index (κ2) is 7.20. The molecule has 8 nitrogen and oxygen atoms in total. The molecule has 3 aromatic rings. The molecular weight excluding hydrogens is 413 g/mol. The Bertz CT molecular complexity index is 1170. The zero-order valence-electron chi connectivity index (χ0n) is 14.7. The summed E-state index contributed by atoms with van der Waals surface area (Å²) < 4.78 is 63.8. The summed E-state index contributed by atoms with van der Waals surface area (Å²) in [6.45, 7) is 0. The summed E-state index contributed by atoms with van der Waals surface area (Å²) in [5, 5.41) is 25.8. The molecular formula is C17H13F3N4O4S. The monoisotopic (exact) mass is 426 g/mol. The van der Waals surface area contributed by atoms with Gasteiger partial charge in [0, 0.05) is 24.0 Å². The third-order valence-corrected chi connectivity index (χ3v) is 5.10. The van der Waals surface area contributed by atoms with Crippen LogP contribution < -0.4 is 0 Å². The minimum Gasteiger partial charge on any atom is -0.592 e. The Labute approximate surface area is 162 Å². The molecule has 0 atom stereocenters. The lowest BCUT2D eigenvalue weighted by atomic mass is 10.1. The van der Waals surface area contributed by atoms with Crippen molar-refractivity contribution in [3.05, 3.63) is 65.5 Å². The second-order valence-electron chi connectivity index (χ2n) is 6.00. The largest absolute Gasteiger partial charge is 0.592 e. The SMILES string of the molecule is CS(=O)(=O)c1ccc(-n2nc(C(F)(F)F)cc2-c2ccc(/[N+]([O-])=N\O)cc2)cc1. The molecule has 1 heterocycles. The molecule has 0 aliphatic rings. The fourth-order valence-corrected chi connectivity index (χ4v) is 3.20. The molecule has 0 saturated carbocycles. The van der Waals surface area contributed by atoms with Crippen LogP contribution in [-0.2, 0) is 16.0 Å². The number of rotatable bonds is 4. The van der Waals surface area contributed by atoms with Crippen molar-refractivity contribution in [3.8, 4) is 16.9 Å². The highest BCUT2D eigenvalue weighted by molar-refractivity contribution is 7.90. The maximum absolute atomic E-state index is 13.2. The van der Waals surface area contributed by atoms with Crippen LogP contribution in [0.1, 0.15) is 5.69 Å². The number of halogens is 3. The van der Waals surface area contributed by atoms with E-state index in [4.69, 9.17) is 5.21 Å². The summed E-state index contributed by atoms with van der Waals surface area (Å²) in [5.41, 5.74) is -0.595. The summed E-state index contributed by atoms with van der Waals surface area (Å²) in [6, 6.07) is 11.3. The van der Waals surface area contributed by atoms with E-state index in [1.807, 2.05) is 0 Å². The number of hydrogen-bond donors (Lipinski definition) is 1. The van der Waals surface area contributed by atoms with Crippen molar-refractivity contribution in [2.75, 3.05) is 6.26 Å². The highest BCUT2D eigenvalue weighted by Crippen LogP contribution is 2.33. The zero-order valence-corrected chi connectivity index (χ0v) is 15.5. The molecule has 0 radical (unpaired) electrons. The first kappa shape index (κ1) is 20.3. The average Bonchev–Trinajstić information content (AvgIpc) is 3.13. The molecule has 0 spiro atoms. The van der Waals surface area contributed by atoms with Crippen molar-refractivity contribution in [3.63, 3.8) is 0 Å². The van der Waals surface area contributed by atoms with Crippen LogP contribution in [0.15, 0.2) is 64.8 Å². The number of nitrogens with zero attached hydrogens (tertiary/aromatic N) is 4. The van der Waals surface area contributed by atoms with Crippen LogP contribution in [0.4, 0.5) is 18.9 Å². The molecule has 12 heteroatoms. The third kappa shape index (κ3) is 4.21. The van der Waals surface area contributed by atoms with E-state index in [0.717, 1.165) is 17.0 Å². The first-order chi connectivity index (χ1) is 13.5. The van der Waals surface area contributed by atoms with Gasteiger partial charge < -0.3 is 10.4 Å². The molecule has 0 bridgehead atoms. The Kier molecular flexibility index (Phi) is 5.05. The molecule has 3 rings (SSSR count). The van der Waals surface area contributed by atoms with Gasteiger partial charge in [-0.25, -0.2) is 13.1 Å². The van der Waals surface area contributed by atoms with Gasteiger partial charge in [0.2, 0.25) is 11.0 Å². The fourth-order valence-electron chi connectivity index (χ4n) is 2.57. The molecule has 0 fully saturated rings. The van der Waals surface area contributed by atoms with E-state index in [-0.39, 0.29) is 26.8 Å². The van der Waals surface area contributed by atoms with Crippen molar-refractivity contribution in [1.29, 1.82) is 0 Å². The molecule has 1 N–H and O–H groups in total. The summed E-state index contributed by atoms with van der Waals surface area (Å²) in [5.74, 6) is 0. The molecule has 1 aromatic heterocycles. The van der Waals surface area contributed by atoms with E-state index in [9.17, 15) is 26.8 Å². The second-order valence-corrected chi connectivity index (χ2v) is 8.02. The summed E-state index contributed by atoms with van der Waals surface area (Å²) >= 11 is 0. The minimum absolute atomic E-state index is 0.0126. The lowest BCUT2D eigenvalue weighted by molar-refractivity contribution is -0.473. The zero-order chi connectivity index (χ0) is 21.4. The smallest absolute Gasteiger partial charge is 0.435 e. The molecule has 29 heavy (non-hydrogen) atoms. The summed E-state index contributed by atoms with van der Waals surface area (Å²) in [7, 11) is -3.47. The maximum Gasteiger partial charge on any atom is 0.435 e. The number of aromatic nitrogens is 2. The molecule has 0 saturated heterocycles. The normalized spacial score (nSPS) is 12.9. The first-order valence-corrected chi connectivity index (χ1v) is 9.80. The van der Waals surface area contributed by atoms with E-state index in [1.54, 1.807) is 0 Å². The average molecular weight is 426 g/mol. The molecule has 152 valence electrons. The lowest BCUT2D eigenvalue weighted by Gasteiger charge is -2.09. The fraction of sp³-hybridized carbons (Fsp3) is 0.118. The van der Waals surface area contributed by atoms with Crippen LogP contribution in [0, 0.1) is 5.21 Å². The van der Waals surface area contributed by atoms with Gasteiger partial charge >= 0.3 is 6.18 Å². The standard InChI is InChI=1S/C17H13F3N4O4S/c1-29(27,28)14-8-6-12(7-9-14)23-15(10-16(21-23)17(18,19)20)11-2-4-13(5-3-11)24(26)22-25/h2-10,25H,1H3/b24-22+. The van der Waals surface area contributed by atoms with Crippen molar-refractivity contribution >= 4 is 15.5 Å². The van der Waals surface area contributed by atoms with Crippen molar-refractivity contribution in [2.24, 2.45) is 5.28 Å². The van der Waals surface area contributed by atoms with Crippen molar-refractivity contribution in [1.82, 2.24) is 9.78 Å². The maximum atomic E-state index is 13.2. The number of sulfone groups is 1. The summed E-state index contributed by atoms with van der Waals surface area (Å²) in [6.07, 6.45) is -3.68. The van der Waals surface area contributed by atoms with Gasteiger partial charge in [0.15, 0.2) is 15.5 Å². The Morgan fingerprint density at radius 3 is 2.17 bits per heavy atom. The Balaban J connectivity index is 2.13. The number of alkyl halides is 3. The van der Waals surface area contributed by atoms with Gasteiger partial charge in [0.25, 0.3) is 0 Å². The Morgan fingerprint density at radius 1 is 1.10 bits per heavy atom. The lowest BCUT2D eigenvalue weighted by Crippen LogP contribution is -2.07. The van der Waals surface area contributed by atoms with Crippen LogP contribution in [0.3, 0.4) is 0 Å². The van der Waals surface area contributed by atoms with E-state index < -0.39 is 21.7 Å². The van der Waals surface area contributed by atoms with E-state index in [0.29, 0.717) is 5.56 Å². The van der Waals surface area contributed by atoms with Gasteiger partial charge in [-0.1, -0.05) is 0 Å². The predicted molar refractivity (Wildman–Crippen MR) is 94.6 cm³/mol. The quantitative estimate of drug-likeness (QED) is 0.386. The third-order valence-electron chi connectivity index (χ3n) is 3.97. The van der Waals surface area contributed by atoms with Gasteiger partial charge in [-0.3, -0.25) is 0 Å². The number of benzene rings is 2. The van der Waals surface area contributed by atoms with Crippen LogP contribution in [0.2, 0.25) is 0 Å². The van der Waals surface area contributed by atoms with E-state index in [2.05, 4.69) is 10.4 Å². The highest BCUT2D eigenvalue weighted by Gasteiger charge is 2.35. The van der Waals surface area contributed by atoms with Gasteiger partial charge in [0.1, 0.15) is 0 Å². The van der Waals surface area contributed by atoms with Crippen LogP contribution in [-0.4, -0.2) is 34.5 Å². The molecule has 0 amide bonds. The first-order valence-electron chi connectivity index (χ1n) is 7.91. The van der Waals surface area contributed by atoms with Crippen LogP contribution >= 0.6 is 0 Å². The molecule has 2 aromatic carbocycles.